The van der Waals surface area contributed by atoms with Gasteiger partial charge in [0.25, 0.3) is 0 Å². The van der Waals surface area contributed by atoms with E-state index in [9.17, 15) is 4.79 Å². The second-order valence-corrected chi connectivity index (χ2v) is 1.79. The Balaban J connectivity index is 0. The molecule has 0 aromatic rings. The Labute approximate surface area is 63.2 Å². The van der Waals surface area contributed by atoms with Crippen LogP contribution in [-0.4, -0.2) is 16.3 Å². The van der Waals surface area contributed by atoms with Crippen molar-refractivity contribution in [3.05, 3.63) is 0 Å². The number of carbonyl (C=O) groups is 1. The predicted octanol–water partition coefficient (Wildman–Crippen LogP) is 0.387. The summed E-state index contributed by atoms with van der Waals surface area (Å²) in [4.78, 5) is 9.62. The van der Waals surface area contributed by atoms with Gasteiger partial charge >= 0.3 is 28.3 Å². The third-order valence-electron chi connectivity index (χ3n) is 0.357. The number of carboxylic acid groups (broad SMARTS) is 1. The van der Waals surface area contributed by atoms with Gasteiger partial charge in [-0.1, -0.05) is 0 Å². The summed E-state index contributed by atoms with van der Waals surface area (Å²) in [7, 11) is 0. The third kappa shape index (κ3) is 6.56. The minimum Gasteiger partial charge on any atom is -0.480 e. The van der Waals surface area contributed by atoms with Crippen LogP contribution >= 0.6 is 12.6 Å². The van der Waals surface area contributed by atoms with Crippen molar-refractivity contribution in [2.45, 2.75) is 12.2 Å². The summed E-state index contributed by atoms with van der Waals surface area (Å²) in [6.07, 6.45) is 0. The molecule has 2 nitrogen and oxygen atoms in total. The average Bonchev–Trinajstić information content (AvgIpc) is 1.36. The van der Waals surface area contributed by atoms with Crippen LogP contribution in [0.1, 0.15) is 6.92 Å². The molecule has 0 saturated carbocycles. The minimum absolute atomic E-state index is 0. The predicted molar refractivity (Wildman–Crippen MR) is 26.1 cm³/mol. The molecular formula is C3H6AuO2S+. The zero-order valence-corrected chi connectivity index (χ0v) is 6.74. The Bertz CT molecular complexity index is 64.0. The molecule has 0 aromatic carbocycles. The van der Waals surface area contributed by atoms with Crippen molar-refractivity contribution in [1.82, 2.24) is 0 Å². The normalized spacial score (nSPS) is 11.7. The van der Waals surface area contributed by atoms with Gasteiger partial charge in [-0.25, -0.2) is 0 Å². The number of thiol groups is 1. The van der Waals surface area contributed by atoms with E-state index in [1.54, 1.807) is 0 Å². The van der Waals surface area contributed by atoms with Crippen molar-refractivity contribution in [2.24, 2.45) is 0 Å². The Hall–Kier alpha value is 0.560. The van der Waals surface area contributed by atoms with E-state index in [-0.39, 0.29) is 22.4 Å². The van der Waals surface area contributed by atoms with E-state index in [0.717, 1.165) is 0 Å². The minimum atomic E-state index is -0.877. The summed E-state index contributed by atoms with van der Waals surface area (Å²) >= 11 is 3.59. The zero-order valence-electron chi connectivity index (χ0n) is 3.68. The van der Waals surface area contributed by atoms with Crippen LogP contribution in [0.4, 0.5) is 0 Å². The molecule has 1 atom stereocenters. The van der Waals surface area contributed by atoms with Crippen molar-refractivity contribution < 1.29 is 32.3 Å². The van der Waals surface area contributed by atoms with Crippen molar-refractivity contribution in [1.29, 1.82) is 0 Å². The smallest absolute Gasteiger partial charge is 0.480 e. The van der Waals surface area contributed by atoms with Crippen LogP contribution in [0.15, 0.2) is 0 Å². The van der Waals surface area contributed by atoms with Gasteiger partial charge in [-0.15, -0.1) is 0 Å². The molecule has 0 heterocycles. The molecule has 0 spiro atoms. The maximum atomic E-state index is 9.62. The zero-order chi connectivity index (χ0) is 5.15. The molecule has 4 heteroatoms. The van der Waals surface area contributed by atoms with Crippen molar-refractivity contribution in [2.75, 3.05) is 0 Å². The van der Waals surface area contributed by atoms with Crippen LogP contribution < -0.4 is 0 Å². The molecule has 1 unspecified atom stereocenters. The van der Waals surface area contributed by atoms with Gasteiger partial charge in [-0.3, -0.25) is 4.79 Å². The summed E-state index contributed by atoms with van der Waals surface area (Å²) in [5.74, 6) is -0.877. The van der Waals surface area contributed by atoms with Crippen molar-refractivity contribution in [3.63, 3.8) is 0 Å². The van der Waals surface area contributed by atoms with Gasteiger partial charge in [0.05, 0.1) is 5.25 Å². The quantitative estimate of drug-likeness (QED) is 0.543. The Morgan fingerprint density at radius 2 is 2.00 bits per heavy atom. The van der Waals surface area contributed by atoms with E-state index >= 15 is 0 Å². The van der Waals surface area contributed by atoms with E-state index in [2.05, 4.69) is 12.6 Å². The maximum Gasteiger partial charge on any atom is 1.00 e. The van der Waals surface area contributed by atoms with Gasteiger partial charge in [0.15, 0.2) is 0 Å². The fourth-order valence-electron chi connectivity index (χ4n) is 0. The molecule has 0 aromatic heterocycles. The first-order valence-electron chi connectivity index (χ1n) is 1.55. The average molecular weight is 303 g/mol. The number of aliphatic carboxylic acids is 1. The van der Waals surface area contributed by atoms with E-state index in [1.165, 1.54) is 6.92 Å². The van der Waals surface area contributed by atoms with Gasteiger partial charge in [0.1, 0.15) is 0 Å². The van der Waals surface area contributed by atoms with Crippen LogP contribution in [0.2, 0.25) is 0 Å². The fourth-order valence-corrected chi connectivity index (χ4v) is 0. The maximum absolute atomic E-state index is 9.62. The Morgan fingerprint density at radius 3 is 2.00 bits per heavy atom. The van der Waals surface area contributed by atoms with E-state index in [0.29, 0.717) is 0 Å². The molecule has 0 rings (SSSR count). The van der Waals surface area contributed by atoms with E-state index in [1.807, 2.05) is 0 Å². The molecule has 0 aliphatic carbocycles. The molecule has 0 aliphatic heterocycles. The summed E-state index contributed by atoms with van der Waals surface area (Å²) in [5.41, 5.74) is 0. The van der Waals surface area contributed by atoms with Crippen LogP contribution in [0.3, 0.4) is 0 Å². The molecule has 0 saturated heterocycles. The Kier molecular flexibility index (Phi) is 7.09. The monoisotopic (exact) mass is 303 g/mol. The second-order valence-electron chi connectivity index (χ2n) is 1.01. The number of carboxylic acids is 1. The molecule has 0 amide bonds. The van der Waals surface area contributed by atoms with Crippen molar-refractivity contribution >= 4 is 18.6 Å². The molecule has 0 aliphatic rings. The topological polar surface area (TPSA) is 37.3 Å². The standard InChI is InChI=1S/C3H6O2S.Au/c1-2(6)3(4)5;/h2,6H,1H3,(H,4,5);/q;+1. The third-order valence-corrected chi connectivity index (χ3v) is 0.578. The van der Waals surface area contributed by atoms with Crippen molar-refractivity contribution in [3.8, 4) is 0 Å². The van der Waals surface area contributed by atoms with Gasteiger partial charge in [0, 0.05) is 0 Å². The van der Waals surface area contributed by atoms with Crippen LogP contribution in [0.5, 0.6) is 0 Å². The van der Waals surface area contributed by atoms with E-state index < -0.39 is 11.2 Å². The molecule has 0 fully saturated rings. The SMILES string of the molecule is CC(S)C(=O)O.[Au+]. The van der Waals surface area contributed by atoms with Crippen LogP contribution in [-0.2, 0) is 27.2 Å². The summed E-state index contributed by atoms with van der Waals surface area (Å²) in [6.45, 7) is 1.51. The van der Waals surface area contributed by atoms with Gasteiger partial charge in [0.2, 0.25) is 0 Å². The molecule has 46 valence electrons. The number of hydrogen-bond acceptors (Lipinski definition) is 2. The van der Waals surface area contributed by atoms with Gasteiger partial charge in [-0.2, -0.15) is 12.6 Å². The first-order valence-corrected chi connectivity index (χ1v) is 2.07. The van der Waals surface area contributed by atoms with E-state index in [4.69, 9.17) is 5.11 Å². The fraction of sp³-hybridized carbons (Fsp3) is 0.667. The Morgan fingerprint density at radius 1 is 1.86 bits per heavy atom. The van der Waals surface area contributed by atoms with Gasteiger partial charge in [-0.05, 0) is 6.92 Å². The molecular weight excluding hydrogens is 297 g/mol. The molecule has 0 radical (unpaired) electrons. The van der Waals surface area contributed by atoms with Crippen LogP contribution in [0, 0.1) is 0 Å². The molecule has 1 N–H and O–H groups in total. The number of rotatable bonds is 1. The first-order chi connectivity index (χ1) is 2.64. The summed E-state index contributed by atoms with van der Waals surface area (Å²) in [5, 5.41) is 7.38. The first kappa shape index (κ1) is 10.5. The largest absolute Gasteiger partial charge is 1.00 e. The summed E-state index contributed by atoms with van der Waals surface area (Å²) < 4.78 is 0. The van der Waals surface area contributed by atoms with Crippen LogP contribution in [0.25, 0.3) is 0 Å². The molecule has 0 bridgehead atoms. The molecule has 7 heavy (non-hydrogen) atoms. The number of hydrogen-bond donors (Lipinski definition) is 2. The summed E-state index contributed by atoms with van der Waals surface area (Å²) in [6, 6.07) is 0. The second kappa shape index (κ2) is 4.71. The van der Waals surface area contributed by atoms with Gasteiger partial charge < -0.3 is 5.11 Å².